The van der Waals surface area contributed by atoms with Gasteiger partial charge >= 0.3 is 6.09 Å². The third kappa shape index (κ3) is 4.41. The fourth-order valence-corrected chi connectivity index (χ4v) is 4.57. The zero-order valence-corrected chi connectivity index (χ0v) is 21.3. The van der Waals surface area contributed by atoms with Crippen LogP contribution in [0.1, 0.15) is 60.0 Å². The normalized spacial score (nSPS) is 14.3. The molecule has 0 saturated heterocycles. The number of alkyl carbamates (subject to hydrolysis) is 1. The number of nitrogens with one attached hydrogen (secondary N) is 1. The van der Waals surface area contributed by atoms with Crippen LogP contribution < -0.4 is 11.1 Å². The second-order valence-electron chi connectivity index (χ2n) is 10.1. The van der Waals surface area contributed by atoms with Gasteiger partial charge in [0.05, 0.1) is 28.8 Å². The van der Waals surface area contributed by atoms with E-state index in [2.05, 4.69) is 15.3 Å². The Kier molecular flexibility index (Phi) is 6.23. The lowest BCUT2D eigenvalue weighted by Gasteiger charge is -2.22. The number of aryl methyl sites for hydroxylation is 1. The summed E-state index contributed by atoms with van der Waals surface area (Å²) in [6.07, 6.45) is -1.86. The Bertz CT molecular complexity index is 1550. The van der Waals surface area contributed by atoms with E-state index >= 15 is 0 Å². The number of imide groups is 1. The Morgan fingerprint density at radius 1 is 1.05 bits per heavy atom. The number of anilines is 1. The second kappa shape index (κ2) is 9.42. The van der Waals surface area contributed by atoms with Crippen LogP contribution in [0.25, 0.3) is 21.9 Å². The highest BCUT2D eigenvalue weighted by Gasteiger charge is 2.41. The first-order valence-corrected chi connectivity index (χ1v) is 12.2. The molecule has 1 unspecified atom stereocenters. The molecule has 5 rings (SSSR count). The van der Waals surface area contributed by atoms with Crippen LogP contribution in [0.15, 0.2) is 48.5 Å². The van der Waals surface area contributed by atoms with Crippen LogP contribution in [-0.4, -0.2) is 54.6 Å². The maximum Gasteiger partial charge on any atom is 0.407 e. The molecule has 196 valence electrons. The number of imidazole rings is 1. The summed E-state index contributed by atoms with van der Waals surface area (Å²) in [6.45, 7) is 5.89. The van der Waals surface area contributed by atoms with Crippen LogP contribution in [0.4, 0.5) is 10.6 Å². The number of para-hydroxylation sites is 1. The van der Waals surface area contributed by atoms with Crippen molar-refractivity contribution in [3.8, 4) is 0 Å². The number of aromatic nitrogens is 3. The van der Waals surface area contributed by atoms with Gasteiger partial charge in [-0.15, -0.1) is 0 Å². The lowest BCUT2D eigenvalue weighted by Crippen LogP contribution is -2.41. The molecule has 0 bridgehead atoms. The molecule has 3 amide bonds. The van der Waals surface area contributed by atoms with Crippen LogP contribution in [0, 0.1) is 0 Å². The minimum Gasteiger partial charge on any atom is -0.449 e. The summed E-state index contributed by atoms with van der Waals surface area (Å²) in [5, 5.41) is 14.9. The number of amides is 3. The number of carbonyl (C=O) groups excluding carboxylic acids is 3. The van der Waals surface area contributed by atoms with Crippen molar-refractivity contribution in [1.82, 2.24) is 24.8 Å². The van der Waals surface area contributed by atoms with Crippen molar-refractivity contribution >= 4 is 45.7 Å². The number of nitrogens with two attached hydrogens (primary N) is 1. The van der Waals surface area contributed by atoms with Gasteiger partial charge in [0, 0.05) is 17.5 Å². The number of benzene rings is 2. The van der Waals surface area contributed by atoms with Gasteiger partial charge < -0.3 is 25.5 Å². The molecule has 11 heteroatoms. The summed E-state index contributed by atoms with van der Waals surface area (Å²) >= 11 is 0. The molecule has 1 aliphatic heterocycles. The van der Waals surface area contributed by atoms with Crippen molar-refractivity contribution in [2.45, 2.75) is 45.5 Å². The van der Waals surface area contributed by atoms with Crippen molar-refractivity contribution in [1.29, 1.82) is 0 Å². The average molecular weight is 517 g/mol. The van der Waals surface area contributed by atoms with Crippen molar-refractivity contribution in [2.24, 2.45) is 0 Å². The molecule has 11 nitrogen and oxygen atoms in total. The predicted octanol–water partition coefficient (Wildman–Crippen LogP) is 3.37. The fourth-order valence-electron chi connectivity index (χ4n) is 4.57. The predicted molar refractivity (Wildman–Crippen MR) is 140 cm³/mol. The van der Waals surface area contributed by atoms with E-state index < -0.39 is 29.7 Å². The Balaban J connectivity index is 1.53. The first-order valence-electron chi connectivity index (χ1n) is 12.2. The SMILES string of the molecule is CC(C)(C)NC(=O)OCCCn1c(C(O)N2C(=O)c3ccccc3C2=O)nc2c(N)nc3ccccc3c21. The number of nitrogens with zero attached hydrogens (tertiary/aromatic N) is 4. The standard InChI is InChI=1S/C27H28N6O5/c1-27(2,3)31-26(37)38-14-8-13-32-20-17-11-6-7-12-18(17)29-21(28)19(20)30-22(32)25(36)33-23(34)15-9-4-5-10-16(15)24(33)35/h4-7,9-12,25,36H,8,13-14H2,1-3H3,(H2,28,29)(H,31,37). The highest BCUT2D eigenvalue weighted by atomic mass is 16.5. The molecule has 1 aliphatic rings. The molecule has 4 N–H and O–H groups in total. The van der Waals surface area contributed by atoms with Gasteiger partial charge in [-0.2, -0.15) is 0 Å². The van der Waals surface area contributed by atoms with Gasteiger partial charge in [0.1, 0.15) is 5.52 Å². The minimum absolute atomic E-state index is 0.0542. The van der Waals surface area contributed by atoms with Gasteiger partial charge in [-0.25, -0.2) is 19.7 Å². The molecule has 0 aliphatic carbocycles. The molecule has 2 aromatic carbocycles. The second-order valence-corrected chi connectivity index (χ2v) is 10.1. The zero-order valence-electron chi connectivity index (χ0n) is 21.3. The number of aliphatic hydroxyl groups excluding tert-OH is 1. The maximum atomic E-state index is 13.1. The molecule has 2 aromatic heterocycles. The van der Waals surface area contributed by atoms with Gasteiger partial charge in [-0.1, -0.05) is 30.3 Å². The van der Waals surface area contributed by atoms with Crippen molar-refractivity contribution < 1.29 is 24.2 Å². The smallest absolute Gasteiger partial charge is 0.407 e. The number of hydrogen-bond acceptors (Lipinski definition) is 8. The van der Waals surface area contributed by atoms with Crippen LogP contribution in [-0.2, 0) is 11.3 Å². The molecule has 3 heterocycles. The Labute approximate surface area is 218 Å². The number of pyridine rings is 1. The van der Waals surface area contributed by atoms with E-state index in [0.717, 1.165) is 10.3 Å². The summed E-state index contributed by atoms with van der Waals surface area (Å²) in [5.41, 5.74) is 7.78. The van der Waals surface area contributed by atoms with Crippen molar-refractivity contribution in [2.75, 3.05) is 12.3 Å². The van der Waals surface area contributed by atoms with E-state index in [-0.39, 0.29) is 35.9 Å². The summed E-state index contributed by atoms with van der Waals surface area (Å²) in [6, 6.07) is 13.7. The molecular formula is C27H28N6O5. The van der Waals surface area contributed by atoms with E-state index in [1.54, 1.807) is 28.8 Å². The maximum absolute atomic E-state index is 13.1. The number of hydrogen-bond donors (Lipinski definition) is 3. The van der Waals surface area contributed by atoms with E-state index in [9.17, 15) is 19.5 Å². The molecule has 0 saturated carbocycles. The average Bonchev–Trinajstić information content (AvgIpc) is 3.37. The fraction of sp³-hybridized carbons (Fsp3) is 0.296. The molecule has 1 atom stereocenters. The van der Waals surface area contributed by atoms with Gasteiger partial charge in [0.2, 0.25) is 0 Å². The minimum atomic E-state index is -1.68. The summed E-state index contributed by atoms with van der Waals surface area (Å²) in [5.74, 6) is -1.03. The number of nitrogen functional groups attached to an aromatic ring is 1. The van der Waals surface area contributed by atoms with Crippen molar-refractivity contribution in [3.05, 3.63) is 65.5 Å². The molecule has 0 fully saturated rings. The Morgan fingerprint density at radius 2 is 1.68 bits per heavy atom. The molecule has 0 spiro atoms. The number of ether oxygens (including phenoxy) is 1. The summed E-state index contributed by atoms with van der Waals surface area (Å²) in [4.78, 5) is 48.0. The summed E-state index contributed by atoms with van der Waals surface area (Å²) < 4.78 is 7.02. The number of carbonyl (C=O) groups is 3. The van der Waals surface area contributed by atoms with E-state index in [1.165, 1.54) is 0 Å². The molecule has 38 heavy (non-hydrogen) atoms. The van der Waals surface area contributed by atoms with Crippen LogP contribution >= 0.6 is 0 Å². The molecule has 0 radical (unpaired) electrons. The topological polar surface area (TPSA) is 153 Å². The van der Waals surface area contributed by atoms with Crippen LogP contribution in [0.3, 0.4) is 0 Å². The molecule has 4 aromatic rings. The van der Waals surface area contributed by atoms with E-state index in [0.29, 0.717) is 23.0 Å². The van der Waals surface area contributed by atoms with Gasteiger partial charge in [-0.3, -0.25) is 9.59 Å². The lowest BCUT2D eigenvalue weighted by atomic mass is 10.1. The Hall–Kier alpha value is -4.51. The van der Waals surface area contributed by atoms with Gasteiger partial charge in [0.15, 0.2) is 17.9 Å². The van der Waals surface area contributed by atoms with Crippen molar-refractivity contribution in [3.63, 3.8) is 0 Å². The zero-order chi connectivity index (χ0) is 27.2. The van der Waals surface area contributed by atoms with Crippen LogP contribution in [0.5, 0.6) is 0 Å². The summed E-state index contributed by atoms with van der Waals surface area (Å²) in [7, 11) is 0. The van der Waals surface area contributed by atoms with E-state index in [1.807, 2.05) is 45.0 Å². The quantitative estimate of drug-likeness (QED) is 0.260. The lowest BCUT2D eigenvalue weighted by molar-refractivity contribution is 0.00785. The monoisotopic (exact) mass is 516 g/mol. The van der Waals surface area contributed by atoms with E-state index in [4.69, 9.17) is 10.5 Å². The number of aliphatic hydroxyl groups is 1. The largest absolute Gasteiger partial charge is 0.449 e. The number of fused-ring (bicyclic) bond motifs is 4. The highest BCUT2D eigenvalue weighted by Crippen LogP contribution is 2.34. The first-order chi connectivity index (χ1) is 18.1. The Morgan fingerprint density at radius 3 is 2.34 bits per heavy atom. The third-order valence-corrected chi connectivity index (χ3v) is 6.18. The number of rotatable bonds is 6. The van der Waals surface area contributed by atoms with Gasteiger partial charge in [-0.05, 0) is 45.4 Å². The highest BCUT2D eigenvalue weighted by molar-refractivity contribution is 6.21. The van der Waals surface area contributed by atoms with Gasteiger partial charge in [0.25, 0.3) is 11.8 Å². The van der Waals surface area contributed by atoms with Crippen LogP contribution in [0.2, 0.25) is 0 Å². The molecular weight excluding hydrogens is 488 g/mol. The first kappa shape index (κ1) is 25.2. The third-order valence-electron chi connectivity index (χ3n) is 6.18.